The van der Waals surface area contributed by atoms with E-state index in [1.165, 1.54) is 16.4 Å². The average molecular weight is 403 g/mol. The molecule has 0 aliphatic carbocycles. The summed E-state index contributed by atoms with van der Waals surface area (Å²) in [6.45, 7) is 8.04. The van der Waals surface area contributed by atoms with Gasteiger partial charge in [0.05, 0.1) is 22.4 Å². The fraction of sp³-hybridized carbons (Fsp3) is 0.611. The summed E-state index contributed by atoms with van der Waals surface area (Å²) in [4.78, 5) is 14.5. The molecule has 146 valence electrons. The zero-order valence-electron chi connectivity index (χ0n) is 15.6. The molecule has 8 heteroatoms. The minimum Gasteiger partial charge on any atom is -0.492 e. The summed E-state index contributed by atoms with van der Waals surface area (Å²) in [5.41, 5.74) is 0. The van der Waals surface area contributed by atoms with Crippen molar-refractivity contribution in [1.82, 2.24) is 9.21 Å². The van der Waals surface area contributed by atoms with Crippen molar-refractivity contribution in [1.29, 1.82) is 0 Å². The third kappa shape index (κ3) is 4.50. The van der Waals surface area contributed by atoms with E-state index in [4.69, 9.17) is 16.3 Å². The summed E-state index contributed by atoms with van der Waals surface area (Å²) < 4.78 is 32.7. The minimum absolute atomic E-state index is 0.0274. The number of sulfonamides is 1. The van der Waals surface area contributed by atoms with Gasteiger partial charge in [-0.05, 0) is 51.8 Å². The minimum atomic E-state index is -3.70. The fourth-order valence-corrected chi connectivity index (χ4v) is 5.07. The zero-order chi connectivity index (χ0) is 19.3. The summed E-state index contributed by atoms with van der Waals surface area (Å²) in [5.74, 6) is 0.192. The molecule has 2 rings (SSSR count). The fourth-order valence-electron chi connectivity index (χ4n) is 3.22. The van der Waals surface area contributed by atoms with Crippen molar-refractivity contribution in [3.05, 3.63) is 23.2 Å². The predicted molar refractivity (Wildman–Crippen MR) is 102 cm³/mol. The molecule has 26 heavy (non-hydrogen) atoms. The monoisotopic (exact) mass is 402 g/mol. The van der Waals surface area contributed by atoms with Crippen LogP contribution in [-0.2, 0) is 14.8 Å². The summed E-state index contributed by atoms with van der Waals surface area (Å²) in [6, 6.07) is 4.49. The number of hydrogen-bond donors (Lipinski definition) is 0. The molecular weight excluding hydrogens is 376 g/mol. The van der Waals surface area contributed by atoms with Crippen LogP contribution in [0, 0.1) is 5.92 Å². The first-order valence-corrected chi connectivity index (χ1v) is 10.9. The zero-order valence-corrected chi connectivity index (χ0v) is 17.1. The molecule has 0 bridgehead atoms. The summed E-state index contributed by atoms with van der Waals surface area (Å²) in [5, 5.41) is 0.265. The maximum atomic E-state index is 13.0. The molecule has 0 unspecified atom stereocenters. The van der Waals surface area contributed by atoms with Crippen molar-refractivity contribution in [2.45, 2.75) is 38.5 Å². The SMILES string of the molecule is CCOc1ccc(S(=O)(=O)N2CCC[C@@H](C(=O)N(CC)CC)C2)cc1Cl. The van der Waals surface area contributed by atoms with E-state index in [9.17, 15) is 13.2 Å². The number of ether oxygens (including phenoxy) is 1. The number of halogens is 1. The van der Waals surface area contributed by atoms with Crippen LogP contribution in [0.1, 0.15) is 33.6 Å². The third-order valence-electron chi connectivity index (χ3n) is 4.65. The van der Waals surface area contributed by atoms with Gasteiger partial charge in [0, 0.05) is 26.2 Å². The van der Waals surface area contributed by atoms with Gasteiger partial charge in [0.25, 0.3) is 0 Å². The molecule has 6 nitrogen and oxygen atoms in total. The molecular formula is C18H27ClN2O4S. The van der Waals surface area contributed by atoms with Crippen LogP contribution in [0.2, 0.25) is 5.02 Å². The molecule has 1 aliphatic heterocycles. The van der Waals surface area contributed by atoms with Crippen molar-refractivity contribution >= 4 is 27.5 Å². The number of benzene rings is 1. The van der Waals surface area contributed by atoms with Crippen molar-refractivity contribution in [2.24, 2.45) is 5.92 Å². The Morgan fingerprint density at radius 1 is 1.31 bits per heavy atom. The van der Waals surface area contributed by atoms with Crippen LogP contribution in [0.15, 0.2) is 23.1 Å². The Hall–Kier alpha value is -1.31. The number of nitrogens with zero attached hydrogens (tertiary/aromatic N) is 2. The molecule has 1 aromatic rings. The molecule has 1 aromatic carbocycles. The van der Waals surface area contributed by atoms with Crippen LogP contribution in [-0.4, -0.2) is 56.3 Å². The van der Waals surface area contributed by atoms with Crippen LogP contribution >= 0.6 is 11.6 Å². The smallest absolute Gasteiger partial charge is 0.243 e. The lowest BCUT2D eigenvalue weighted by Crippen LogP contribution is -2.46. The highest BCUT2D eigenvalue weighted by molar-refractivity contribution is 7.89. The van der Waals surface area contributed by atoms with Gasteiger partial charge in [-0.15, -0.1) is 0 Å². The molecule has 0 radical (unpaired) electrons. The quantitative estimate of drug-likeness (QED) is 0.703. The van der Waals surface area contributed by atoms with Gasteiger partial charge < -0.3 is 9.64 Å². The molecule has 1 saturated heterocycles. The maximum absolute atomic E-state index is 13.0. The maximum Gasteiger partial charge on any atom is 0.243 e. The van der Waals surface area contributed by atoms with Gasteiger partial charge in [-0.2, -0.15) is 4.31 Å². The highest BCUT2D eigenvalue weighted by Crippen LogP contribution is 2.30. The van der Waals surface area contributed by atoms with Crippen LogP contribution in [0.3, 0.4) is 0 Å². The number of carbonyl (C=O) groups excluding carboxylic acids is 1. The first-order chi connectivity index (χ1) is 12.3. The van der Waals surface area contributed by atoms with Crippen molar-refractivity contribution in [3.8, 4) is 5.75 Å². The van der Waals surface area contributed by atoms with Crippen molar-refractivity contribution in [3.63, 3.8) is 0 Å². The van der Waals surface area contributed by atoms with E-state index in [1.54, 1.807) is 11.0 Å². The standard InChI is InChI=1S/C18H27ClN2O4S/c1-4-20(5-2)18(22)14-8-7-11-21(13-14)26(23,24)15-9-10-17(25-6-3)16(19)12-15/h9-10,12,14H,4-8,11,13H2,1-3H3/t14-/m1/s1. The van der Waals surface area contributed by atoms with E-state index in [2.05, 4.69) is 0 Å². The number of piperidine rings is 1. The summed E-state index contributed by atoms with van der Waals surface area (Å²) in [7, 11) is -3.70. The molecule has 1 aliphatic rings. The Labute approximate surface area is 161 Å². The molecule has 1 heterocycles. The Bertz CT molecular complexity index is 735. The first-order valence-electron chi connectivity index (χ1n) is 9.06. The molecule has 1 fully saturated rings. The van der Waals surface area contributed by atoms with Crippen LogP contribution in [0.5, 0.6) is 5.75 Å². The highest BCUT2D eigenvalue weighted by atomic mass is 35.5. The van der Waals surface area contributed by atoms with E-state index in [-0.39, 0.29) is 28.3 Å². The van der Waals surface area contributed by atoms with E-state index in [1.807, 2.05) is 20.8 Å². The van der Waals surface area contributed by atoms with Gasteiger partial charge in [0.1, 0.15) is 5.75 Å². The molecule has 0 spiro atoms. The third-order valence-corrected chi connectivity index (χ3v) is 6.81. The van der Waals surface area contributed by atoms with Gasteiger partial charge in [0.2, 0.25) is 15.9 Å². The second kappa shape index (κ2) is 9.06. The molecule has 0 N–H and O–H groups in total. The normalized spacial score (nSPS) is 18.5. The number of carbonyl (C=O) groups is 1. The predicted octanol–water partition coefficient (Wildman–Crippen LogP) is 3.01. The second-order valence-electron chi connectivity index (χ2n) is 6.24. The molecule has 1 atom stereocenters. The highest BCUT2D eigenvalue weighted by Gasteiger charge is 2.34. The van der Waals surface area contributed by atoms with Gasteiger partial charge in [-0.25, -0.2) is 8.42 Å². The average Bonchev–Trinajstić information content (AvgIpc) is 2.64. The lowest BCUT2D eigenvalue weighted by Gasteiger charge is -2.33. The van der Waals surface area contributed by atoms with E-state index >= 15 is 0 Å². The largest absolute Gasteiger partial charge is 0.492 e. The Kier molecular flexibility index (Phi) is 7.32. The van der Waals surface area contributed by atoms with Crippen molar-refractivity contribution in [2.75, 3.05) is 32.8 Å². The van der Waals surface area contributed by atoms with Gasteiger partial charge in [0.15, 0.2) is 0 Å². The van der Waals surface area contributed by atoms with Crippen LogP contribution in [0.25, 0.3) is 0 Å². The van der Waals surface area contributed by atoms with Crippen LogP contribution in [0.4, 0.5) is 0 Å². The Morgan fingerprint density at radius 2 is 2.00 bits per heavy atom. The molecule has 0 aromatic heterocycles. The van der Waals surface area contributed by atoms with Crippen LogP contribution < -0.4 is 4.74 Å². The molecule has 0 saturated carbocycles. The lowest BCUT2D eigenvalue weighted by atomic mass is 9.98. The topological polar surface area (TPSA) is 66.9 Å². The van der Waals surface area contributed by atoms with E-state index in [0.29, 0.717) is 44.8 Å². The summed E-state index contributed by atoms with van der Waals surface area (Å²) >= 11 is 6.14. The Balaban J connectivity index is 2.20. The number of amides is 1. The van der Waals surface area contributed by atoms with E-state index < -0.39 is 10.0 Å². The summed E-state index contributed by atoms with van der Waals surface area (Å²) in [6.07, 6.45) is 1.38. The Morgan fingerprint density at radius 3 is 2.58 bits per heavy atom. The van der Waals surface area contributed by atoms with Gasteiger partial charge in [-0.1, -0.05) is 11.6 Å². The van der Waals surface area contributed by atoms with E-state index in [0.717, 1.165) is 0 Å². The first kappa shape index (κ1) is 21.0. The number of rotatable bonds is 7. The second-order valence-corrected chi connectivity index (χ2v) is 8.58. The van der Waals surface area contributed by atoms with Gasteiger partial charge >= 0.3 is 0 Å². The van der Waals surface area contributed by atoms with Gasteiger partial charge in [-0.3, -0.25) is 4.79 Å². The molecule has 1 amide bonds. The number of hydrogen-bond acceptors (Lipinski definition) is 4. The van der Waals surface area contributed by atoms with Crippen molar-refractivity contribution < 1.29 is 17.9 Å². The lowest BCUT2D eigenvalue weighted by molar-refractivity contribution is -0.136.